The Hall–Kier alpha value is -2.45. The lowest BCUT2D eigenvalue weighted by molar-refractivity contribution is 0.0988. The molecule has 2 heteroatoms. The number of hydrogen-bond donors (Lipinski definition) is 0. The van der Waals surface area contributed by atoms with Crippen LogP contribution in [0.2, 0.25) is 6.04 Å². The summed E-state index contributed by atoms with van der Waals surface area (Å²) in [5, 5.41) is 2.73. The second kappa shape index (κ2) is 7.70. The van der Waals surface area contributed by atoms with Gasteiger partial charge in [0.2, 0.25) is 0 Å². The number of ketones is 1. The van der Waals surface area contributed by atoms with Gasteiger partial charge in [-0.25, -0.2) is 0 Å². The normalized spacial score (nSPS) is 10.7. The van der Waals surface area contributed by atoms with Crippen molar-refractivity contribution in [2.45, 2.75) is 12.5 Å². The van der Waals surface area contributed by atoms with E-state index in [-0.39, 0.29) is 5.78 Å². The van der Waals surface area contributed by atoms with Crippen molar-refractivity contribution < 1.29 is 4.79 Å². The molecule has 0 heterocycles. The van der Waals surface area contributed by atoms with Gasteiger partial charge in [0, 0.05) is 12.0 Å². The Labute approximate surface area is 139 Å². The third-order valence-corrected chi connectivity index (χ3v) is 6.75. The van der Waals surface area contributed by atoms with E-state index in [1.165, 1.54) is 10.4 Å². The van der Waals surface area contributed by atoms with Crippen molar-refractivity contribution in [2.75, 3.05) is 0 Å². The summed E-state index contributed by atoms with van der Waals surface area (Å²) in [5.41, 5.74) is 0.815. The molecule has 0 aromatic heterocycles. The number of hydrogen-bond acceptors (Lipinski definition) is 1. The molecule has 0 amide bonds. The molecule has 0 fully saturated rings. The minimum absolute atomic E-state index is 0.236. The van der Waals surface area contributed by atoms with E-state index in [4.69, 9.17) is 0 Å². The molecule has 0 N–H and O–H groups in total. The number of carbonyl (C=O) groups excluding carboxylic acids is 1. The third kappa shape index (κ3) is 4.05. The molecule has 3 rings (SSSR count). The molecule has 0 saturated heterocycles. The molecule has 1 nitrogen and oxygen atoms in total. The first-order valence-electron chi connectivity index (χ1n) is 7.89. The second-order valence-electron chi connectivity index (χ2n) is 5.50. The van der Waals surface area contributed by atoms with Crippen LogP contribution in [0.1, 0.15) is 16.8 Å². The van der Waals surface area contributed by atoms with Gasteiger partial charge in [0.05, 0.1) is 0 Å². The van der Waals surface area contributed by atoms with E-state index in [1.807, 2.05) is 42.5 Å². The molecule has 1 radical (unpaired) electrons. The fourth-order valence-corrected chi connectivity index (χ4v) is 5.32. The summed E-state index contributed by atoms with van der Waals surface area (Å²) in [6, 6.07) is 31.7. The maximum Gasteiger partial charge on any atom is 0.162 e. The minimum atomic E-state index is -0.923. The summed E-state index contributed by atoms with van der Waals surface area (Å²) in [5.74, 6) is 0.236. The van der Waals surface area contributed by atoms with Gasteiger partial charge in [0.25, 0.3) is 0 Å². The summed E-state index contributed by atoms with van der Waals surface area (Å²) >= 11 is 0. The predicted molar refractivity (Wildman–Crippen MR) is 98.1 cm³/mol. The molecular formula is C21H19OSi. The molecule has 3 aromatic carbocycles. The SMILES string of the molecule is O=C(CC[Si](c1ccccc1)c1ccccc1)c1ccccc1. The Bertz CT molecular complexity index is 699. The molecule has 0 aliphatic carbocycles. The smallest absolute Gasteiger partial charge is 0.162 e. The maximum absolute atomic E-state index is 12.4. The van der Waals surface area contributed by atoms with Crippen LogP contribution < -0.4 is 10.4 Å². The van der Waals surface area contributed by atoms with Gasteiger partial charge in [-0.3, -0.25) is 4.79 Å². The Kier molecular flexibility index (Phi) is 5.17. The summed E-state index contributed by atoms with van der Waals surface area (Å²) < 4.78 is 0. The first-order chi connectivity index (χ1) is 11.3. The lowest BCUT2D eigenvalue weighted by Crippen LogP contribution is -2.42. The van der Waals surface area contributed by atoms with Gasteiger partial charge in [-0.1, -0.05) is 101 Å². The minimum Gasteiger partial charge on any atom is -0.294 e. The van der Waals surface area contributed by atoms with Crippen LogP contribution in [0.25, 0.3) is 0 Å². The van der Waals surface area contributed by atoms with Crippen molar-refractivity contribution in [1.82, 2.24) is 0 Å². The largest absolute Gasteiger partial charge is 0.294 e. The van der Waals surface area contributed by atoms with Crippen LogP contribution in [0.4, 0.5) is 0 Å². The zero-order valence-corrected chi connectivity index (χ0v) is 14.0. The molecule has 0 spiro atoms. The van der Waals surface area contributed by atoms with Gasteiger partial charge in [-0.15, -0.1) is 0 Å². The van der Waals surface area contributed by atoms with E-state index in [0.717, 1.165) is 11.6 Å². The molecule has 0 atom stereocenters. The second-order valence-corrected chi connectivity index (χ2v) is 8.11. The van der Waals surface area contributed by atoms with Crippen molar-refractivity contribution >= 4 is 25.0 Å². The van der Waals surface area contributed by atoms with Crippen LogP contribution in [0, 0.1) is 0 Å². The summed E-state index contributed by atoms with van der Waals surface area (Å²) in [6.07, 6.45) is 0.599. The van der Waals surface area contributed by atoms with Crippen molar-refractivity contribution in [3.05, 3.63) is 96.6 Å². The van der Waals surface area contributed by atoms with Crippen LogP contribution in [0.15, 0.2) is 91.0 Å². The van der Waals surface area contributed by atoms with E-state index < -0.39 is 8.80 Å². The molecule has 0 unspecified atom stereocenters. The Morgan fingerprint density at radius 3 is 1.57 bits per heavy atom. The van der Waals surface area contributed by atoms with E-state index in [0.29, 0.717) is 6.42 Å². The van der Waals surface area contributed by atoms with Crippen LogP contribution in [0.5, 0.6) is 0 Å². The first kappa shape index (κ1) is 15.4. The van der Waals surface area contributed by atoms with Gasteiger partial charge < -0.3 is 0 Å². The highest BCUT2D eigenvalue weighted by Gasteiger charge is 2.18. The maximum atomic E-state index is 12.4. The quantitative estimate of drug-likeness (QED) is 0.502. The van der Waals surface area contributed by atoms with Gasteiger partial charge >= 0.3 is 0 Å². The van der Waals surface area contributed by atoms with Crippen molar-refractivity contribution in [3.8, 4) is 0 Å². The van der Waals surface area contributed by atoms with E-state index in [9.17, 15) is 4.79 Å². The van der Waals surface area contributed by atoms with Crippen molar-refractivity contribution in [3.63, 3.8) is 0 Å². The van der Waals surface area contributed by atoms with Gasteiger partial charge in [-0.2, -0.15) is 0 Å². The number of carbonyl (C=O) groups is 1. The molecule has 0 saturated carbocycles. The monoisotopic (exact) mass is 315 g/mol. The van der Waals surface area contributed by atoms with Gasteiger partial charge in [-0.05, 0) is 6.04 Å². The van der Waals surface area contributed by atoms with E-state index in [1.54, 1.807) is 0 Å². The average molecular weight is 315 g/mol. The number of Topliss-reactive ketones (excluding diaryl/α,β-unsaturated/α-hetero) is 1. The highest BCUT2D eigenvalue weighted by molar-refractivity contribution is 6.85. The zero-order valence-electron chi connectivity index (χ0n) is 13.0. The lowest BCUT2D eigenvalue weighted by Gasteiger charge is -2.15. The van der Waals surface area contributed by atoms with Crippen LogP contribution in [0.3, 0.4) is 0 Å². The van der Waals surface area contributed by atoms with Gasteiger partial charge in [0.1, 0.15) is 8.80 Å². The Morgan fingerprint density at radius 2 is 1.09 bits per heavy atom. The molecule has 0 bridgehead atoms. The van der Waals surface area contributed by atoms with Gasteiger partial charge in [0.15, 0.2) is 5.78 Å². The third-order valence-electron chi connectivity index (χ3n) is 3.94. The van der Waals surface area contributed by atoms with E-state index >= 15 is 0 Å². The Morgan fingerprint density at radius 1 is 0.652 bits per heavy atom. The molecule has 23 heavy (non-hydrogen) atoms. The topological polar surface area (TPSA) is 17.1 Å². The molecule has 0 aliphatic rings. The predicted octanol–water partition coefficient (Wildman–Crippen LogP) is 3.57. The molecule has 113 valence electrons. The fraction of sp³-hybridized carbons (Fsp3) is 0.0952. The average Bonchev–Trinajstić information content (AvgIpc) is 2.64. The number of benzene rings is 3. The highest BCUT2D eigenvalue weighted by Crippen LogP contribution is 2.08. The molecule has 0 aliphatic heterocycles. The highest BCUT2D eigenvalue weighted by atomic mass is 28.3. The fourth-order valence-electron chi connectivity index (χ4n) is 2.74. The standard InChI is InChI=1S/C21H19OSi/c22-21(18-10-4-1-5-11-18)16-17-23(19-12-6-2-7-13-19)20-14-8-3-9-15-20/h1-15H,16-17H2. The Balaban J connectivity index is 1.79. The molecular weight excluding hydrogens is 296 g/mol. The number of rotatable bonds is 6. The summed E-state index contributed by atoms with van der Waals surface area (Å²) in [6.45, 7) is 0. The lowest BCUT2D eigenvalue weighted by atomic mass is 10.1. The summed E-state index contributed by atoms with van der Waals surface area (Å²) in [4.78, 5) is 12.4. The van der Waals surface area contributed by atoms with Crippen LogP contribution >= 0.6 is 0 Å². The van der Waals surface area contributed by atoms with Crippen molar-refractivity contribution in [1.29, 1.82) is 0 Å². The summed E-state index contributed by atoms with van der Waals surface area (Å²) in [7, 11) is -0.923. The van der Waals surface area contributed by atoms with Crippen LogP contribution in [-0.2, 0) is 0 Å². The van der Waals surface area contributed by atoms with E-state index in [2.05, 4.69) is 48.5 Å². The van der Waals surface area contributed by atoms with Crippen LogP contribution in [-0.4, -0.2) is 14.6 Å². The molecule has 3 aromatic rings. The van der Waals surface area contributed by atoms with Crippen molar-refractivity contribution in [2.24, 2.45) is 0 Å². The first-order valence-corrected chi connectivity index (χ1v) is 9.60. The zero-order chi connectivity index (χ0) is 15.9.